The molecule has 1 amide bonds. The zero-order valence-corrected chi connectivity index (χ0v) is 14.4. The highest BCUT2D eigenvalue weighted by Crippen LogP contribution is 2.18. The van der Waals surface area contributed by atoms with E-state index >= 15 is 0 Å². The average Bonchev–Trinajstić information content (AvgIpc) is 2.59. The van der Waals surface area contributed by atoms with Crippen LogP contribution in [0.2, 0.25) is 0 Å². The summed E-state index contributed by atoms with van der Waals surface area (Å²) in [6.07, 6.45) is 4.32. The molecule has 0 aliphatic heterocycles. The number of nitrogens with one attached hydrogen (secondary N) is 1. The Morgan fingerprint density at radius 1 is 1.20 bits per heavy atom. The summed E-state index contributed by atoms with van der Waals surface area (Å²) < 4.78 is 1.56. The smallest absolute Gasteiger partial charge is 0.263 e. The van der Waals surface area contributed by atoms with Gasteiger partial charge >= 0.3 is 0 Å². The Labute approximate surface area is 147 Å². The molecule has 1 aromatic heterocycles. The zero-order chi connectivity index (χ0) is 17.8. The normalized spacial score (nSPS) is 20.2. The molecule has 0 unspecified atom stereocenters. The van der Waals surface area contributed by atoms with Crippen LogP contribution in [-0.2, 0) is 6.54 Å². The van der Waals surface area contributed by atoms with Crippen molar-refractivity contribution in [3.63, 3.8) is 0 Å². The zero-order valence-electron chi connectivity index (χ0n) is 14.4. The number of aliphatic hydroxyl groups is 1. The first-order valence-corrected chi connectivity index (χ1v) is 8.77. The summed E-state index contributed by atoms with van der Waals surface area (Å²) in [5.74, 6) is -0.329. The second-order valence-corrected chi connectivity index (χ2v) is 6.82. The maximum atomic E-state index is 12.7. The third-order valence-electron chi connectivity index (χ3n) is 4.73. The van der Waals surface area contributed by atoms with Crippen LogP contribution in [0.4, 0.5) is 0 Å². The van der Waals surface area contributed by atoms with E-state index in [4.69, 9.17) is 0 Å². The third kappa shape index (κ3) is 4.37. The van der Waals surface area contributed by atoms with Crippen LogP contribution in [0.3, 0.4) is 0 Å². The van der Waals surface area contributed by atoms with Crippen molar-refractivity contribution in [3.05, 3.63) is 69.6 Å². The lowest BCUT2D eigenvalue weighted by molar-refractivity contribution is 0.0866. The lowest BCUT2D eigenvalue weighted by atomic mass is 9.93. The van der Waals surface area contributed by atoms with Crippen molar-refractivity contribution in [2.75, 3.05) is 0 Å². The summed E-state index contributed by atoms with van der Waals surface area (Å²) in [4.78, 5) is 25.1. The summed E-state index contributed by atoms with van der Waals surface area (Å²) in [7, 11) is 0. The van der Waals surface area contributed by atoms with E-state index in [2.05, 4.69) is 5.32 Å². The van der Waals surface area contributed by atoms with Gasteiger partial charge < -0.3 is 15.0 Å². The van der Waals surface area contributed by atoms with Crippen LogP contribution in [0.5, 0.6) is 0 Å². The molecule has 2 N–H and O–H groups in total. The molecule has 132 valence electrons. The molecule has 1 saturated carbocycles. The van der Waals surface area contributed by atoms with Gasteiger partial charge in [0.25, 0.3) is 11.5 Å². The average molecular weight is 340 g/mol. The van der Waals surface area contributed by atoms with Crippen LogP contribution in [0.25, 0.3) is 0 Å². The predicted molar refractivity (Wildman–Crippen MR) is 96.7 cm³/mol. The number of amides is 1. The molecule has 0 atom stereocenters. The molecule has 25 heavy (non-hydrogen) atoms. The van der Waals surface area contributed by atoms with Gasteiger partial charge in [-0.05, 0) is 50.3 Å². The molecule has 1 aliphatic rings. The highest BCUT2D eigenvalue weighted by atomic mass is 16.3. The minimum absolute atomic E-state index is 0.0285. The number of hydrogen-bond acceptors (Lipinski definition) is 3. The largest absolute Gasteiger partial charge is 0.393 e. The number of carbonyl (C=O) groups is 1. The number of carbonyl (C=O) groups excluding carboxylic acids is 1. The number of aryl methyl sites for hydroxylation is 1. The lowest BCUT2D eigenvalue weighted by Gasteiger charge is -2.26. The van der Waals surface area contributed by atoms with E-state index in [-0.39, 0.29) is 29.2 Å². The molecule has 1 aromatic carbocycles. The first-order chi connectivity index (χ1) is 12.0. The third-order valence-corrected chi connectivity index (χ3v) is 4.73. The molecule has 5 heteroatoms. The van der Waals surface area contributed by atoms with Crippen LogP contribution in [0.1, 0.15) is 47.2 Å². The SMILES string of the molecule is Cc1cccc(Cn2cccc(C(=O)NC3CCC(O)CC3)c2=O)c1. The second-order valence-electron chi connectivity index (χ2n) is 6.82. The molecule has 1 fully saturated rings. The molecule has 1 aliphatic carbocycles. The van der Waals surface area contributed by atoms with E-state index in [0.717, 1.165) is 24.0 Å². The van der Waals surface area contributed by atoms with Gasteiger partial charge in [-0.2, -0.15) is 0 Å². The van der Waals surface area contributed by atoms with Crippen molar-refractivity contribution in [2.24, 2.45) is 0 Å². The van der Waals surface area contributed by atoms with Gasteiger partial charge in [-0.1, -0.05) is 29.8 Å². The van der Waals surface area contributed by atoms with Gasteiger partial charge in [-0.3, -0.25) is 9.59 Å². The van der Waals surface area contributed by atoms with Gasteiger partial charge in [-0.25, -0.2) is 0 Å². The van der Waals surface area contributed by atoms with E-state index < -0.39 is 0 Å². The summed E-state index contributed by atoms with van der Waals surface area (Å²) >= 11 is 0. The van der Waals surface area contributed by atoms with Crippen molar-refractivity contribution in [3.8, 4) is 0 Å². The summed E-state index contributed by atoms with van der Waals surface area (Å²) in [6, 6.07) is 11.3. The van der Waals surface area contributed by atoms with Crippen LogP contribution in [0, 0.1) is 6.92 Å². The summed E-state index contributed by atoms with van der Waals surface area (Å²) in [6.45, 7) is 2.45. The van der Waals surface area contributed by atoms with E-state index in [1.165, 1.54) is 0 Å². The predicted octanol–water partition coefficient (Wildman–Crippen LogP) is 2.24. The van der Waals surface area contributed by atoms with E-state index in [9.17, 15) is 14.7 Å². The lowest BCUT2D eigenvalue weighted by Crippen LogP contribution is -2.41. The molecule has 0 saturated heterocycles. The molecule has 0 bridgehead atoms. The Bertz CT molecular complexity index is 805. The molecule has 0 radical (unpaired) electrons. The number of pyridine rings is 1. The Morgan fingerprint density at radius 2 is 1.96 bits per heavy atom. The van der Waals surface area contributed by atoms with E-state index in [1.54, 1.807) is 22.9 Å². The number of hydrogen-bond donors (Lipinski definition) is 2. The number of benzene rings is 1. The fraction of sp³-hybridized carbons (Fsp3) is 0.400. The maximum Gasteiger partial charge on any atom is 0.263 e. The van der Waals surface area contributed by atoms with Gasteiger partial charge in [0, 0.05) is 12.2 Å². The Balaban J connectivity index is 1.74. The van der Waals surface area contributed by atoms with E-state index in [0.29, 0.717) is 19.4 Å². The molecule has 2 aromatic rings. The fourth-order valence-electron chi connectivity index (χ4n) is 3.32. The van der Waals surface area contributed by atoms with E-state index in [1.807, 2.05) is 31.2 Å². The highest BCUT2D eigenvalue weighted by molar-refractivity contribution is 5.94. The standard InChI is InChI=1S/C20H24N2O3/c1-14-4-2-5-15(12-14)13-22-11-3-6-18(20(22)25)19(24)21-16-7-9-17(23)10-8-16/h2-6,11-12,16-17,23H,7-10,13H2,1H3,(H,21,24). The Hall–Kier alpha value is -2.40. The van der Waals surface area contributed by atoms with Gasteiger partial charge in [0.2, 0.25) is 0 Å². The van der Waals surface area contributed by atoms with Crippen LogP contribution < -0.4 is 10.9 Å². The molecule has 0 spiro atoms. The number of aliphatic hydroxyl groups excluding tert-OH is 1. The van der Waals surface area contributed by atoms with Gasteiger partial charge in [0.15, 0.2) is 0 Å². The first kappa shape index (κ1) is 17.4. The minimum Gasteiger partial charge on any atom is -0.393 e. The molecule has 1 heterocycles. The number of aromatic nitrogens is 1. The number of nitrogens with zero attached hydrogens (tertiary/aromatic N) is 1. The number of rotatable bonds is 4. The fourth-order valence-corrected chi connectivity index (χ4v) is 3.32. The van der Waals surface area contributed by atoms with Crippen molar-refractivity contribution in [1.29, 1.82) is 0 Å². The quantitative estimate of drug-likeness (QED) is 0.897. The Kier molecular flexibility index (Phi) is 5.34. The van der Waals surface area contributed by atoms with Crippen LogP contribution in [-0.4, -0.2) is 27.7 Å². The van der Waals surface area contributed by atoms with Crippen LogP contribution >= 0.6 is 0 Å². The topological polar surface area (TPSA) is 71.3 Å². The second kappa shape index (κ2) is 7.66. The highest BCUT2D eigenvalue weighted by Gasteiger charge is 2.22. The summed E-state index contributed by atoms with van der Waals surface area (Å²) in [5, 5.41) is 12.5. The van der Waals surface area contributed by atoms with Crippen LogP contribution in [0.15, 0.2) is 47.4 Å². The Morgan fingerprint density at radius 3 is 2.68 bits per heavy atom. The van der Waals surface area contributed by atoms with Gasteiger partial charge in [0.1, 0.15) is 5.56 Å². The first-order valence-electron chi connectivity index (χ1n) is 8.77. The van der Waals surface area contributed by atoms with Crippen molar-refractivity contribution < 1.29 is 9.90 Å². The van der Waals surface area contributed by atoms with Gasteiger partial charge in [-0.15, -0.1) is 0 Å². The monoisotopic (exact) mass is 340 g/mol. The molecular formula is C20H24N2O3. The van der Waals surface area contributed by atoms with Crippen molar-refractivity contribution in [2.45, 2.75) is 51.3 Å². The molecule has 5 nitrogen and oxygen atoms in total. The maximum absolute atomic E-state index is 12.7. The molecule has 3 rings (SSSR count). The summed E-state index contributed by atoms with van der Waals surface area (Å²) in [5.41, 5.74) is 2.05. The minimum atomic E-state index is -0.329. The molecular weight excluding hydrogens is 316 g/mol. The van der Waals surface area contributed by atoms with Crippen molar-refractivity contribution >= 4 is 5.91 Å². The van der Waals surface area contributed by atoms with Gasteiger partial charge in [0.05, 0.1) is 12.6 Å². The van der Waals surface area contributed by atoms with Crippen molar-refractivity contribution in [1.82, 2.24) is 9.88 Å².